The van der Waals surface area contributed by atoms with Gasteiger partial charge in [-0.1, -0.05) is 12.1 Å². The second-order valence-electron chi connectivity index (χ2n) is 3.55. The zero-order chi connectivity index (χ0) is 12.4. The number of nitrogens with two attached hydrogens (primary N) is 1. The lowest BCUT2D eigenvalue weighted by Crippen LogP contribution is -2.05. The molecule has 0 saturated heterocycles. The van der Waals surface area contributed by atoms with Crippen LogP contribution < -0.4 is 5.73 Å². The first-order chi connectivity index (χ1) is 8.09. The largest absolute Gasteiger partial charge is 0.398 e. The first kappa shape index (κ1) is 11.8. The van der Waals surface area contributed by atoms with E-state index in [0.717, 1.165) is 0 Å². The number of hydrogen-bond donors (Lipinski definition) is 1. The number of carbonyl (C=O) groups excluding carboxylic acids is 1. The number of nitrogen functional groups attached to an aromatic ring is 1. The lowest BCUT2D eigenvalue weighted by molar-refractivity contribution is 0.103. The van der Waals surface area contributed by atoms with Crippen LogP contribution in [-0.2, 0) is 0 Å². The van der Waals surface area contributed by atoms with Gasteiger partial charge in [0, 0.05) is 16.8 Å². The Morgan fingerprint density at radius 3 is 2.53 bits per heavy atom. The van der Waals surface area contributed by atoms with Crippen molar-refractivity contribution < 1.29 is 9.18 Å². The monoisotopic (exact) mass is 293 g/mol. The number of para-hydroxylation sites is 1. The fourth-order valence-corrected chi connectivity index (χ4v) is 1.88. The predicted molar refractivity (Wildman–Crippen MR) is 68.4 cm³/mol. The lowest BCUT2D eigenvalue weighted by atomic mass is 10.0. The zero-order valence-corrected chi connectivity index (χ0v) is 10.4. The molecule has 0 radical (unpaired) electrons. The molecule has 0 aliphatic carbocycles. The maximum Gasteiger partial charge on any atom is 0.195 e. The van der Waals surface area contributed by atoms with Crippen LogP contribution in [0.3, 0.4) is 0 Å². The Kier molecular flexibility index (Phi) is 3.24. The number of ketones is 1. The third-order valence-electron chi connectivity index (χ3n) is 2.39. The van der Waals surface area contributed by atoms with Gasteiger partial charge in [-0.15, -0.1) is 0 Å². The van der Waals surface area contributed by atoms with Crippen LogP contribution in [0.5, 0.6) is 0 Å². The van der Waals surface area contributed by atoms with Crippen LogP contribution in [-0.4, -0.2) is 5.78 Å². The van der Waals surface area contributed by atoms with Crippen molar-refractivity contribution in [2.45, 2.75) is 0 Å². The molecule has 0 heterocycles. The van der Waals surface area contributed by atoms with Gasteiger partial charge in [-0.25, -0.2) is 4.39 Å². The smallest absolute Gasteiger partial charge is 0.195 e. The Balaban J connectivity index is 2.44. The summed E-state index contributed by atoms with van der Waals surface area (Å²) in [7, 11) is 0. The SMILES string of the molecule is Nc1ccccc1C(=O)c1ccc(F)c(Br)c1. The Hall–Kier alpha value is -1.68. The highest BCUT2D eigenvalue weighted by Crippen LogP contribution is 2.21. The number of halogens is 2. The van der Waals surface area contributed by atoms with Crippen molar-refractivity contribution in [1.29, 1.82) is 0 Å². The molecule has 2 aromatic carbocycles. The summed E-state index contributed by atoms with van der Waals surface area (Å²) >= 11 is 3.05. The second kappa shape index (κ2) is 4.67. The van der Waals surface area contributed by atoms with E-state index < -0.39 is 5.82 Å². The van der Waals surface area contributed by atoms with Gasteiger partial charge in [-0.05, 0) is 46.3 Å². The van der Waals surface area contributed by atoms with Gasteiger partial charge < -0.3 is 5.73 Å². The topological polar surface area (TPSA) is 43.1 Å². The van der Waals surface area contributed by atoms with Gasteiger partial charge in [0.05, 0.1) is 4.47 Å². The molecule has 2 rings (SSSR count). The van der Waals surface area contributed by atoms with E-state index >= 15 is 0 Å². The van der Waals surface area contributed by atoms with E-state index in [2.05, 4.69) is 15.9 Å². The van der Waals surface area contributed by atoms with Gasteiger partial charge >= 0.3 is 0 Å². The van der Waals surface area contributed by atoms with Gasteiger partial charge in [-0.3, -0.25) is 4.79 Å². The van der Waals surface area contributed by atoms with Gasteiger partial charge in [0.25, 0.3) is 0 Å². The van der Waals surface area contributed by atoms with Crippen molar-refractivity contribution >= 4 is 27.4 Å². The molecule has 0 aliphatic rings. The van der Waals surface area contributed by atoms with Crippen molar-refractivity contribution in [2.75, 3.05) is 5.73 Å². The summed E-state index contributed by atoms with van der Waals surface area (Å²) in [5.41, 5.74) is 6.96. The minimum absolute atomic E-state index is 0.219. The molecule has 0 saturated carbocycles. The molecule has 0 bridgehead atoms. The highest BCUT2D eigenvalue weighted by molar-refractivity contribution is 9.10. The van der Waals surface area contributed by atoms with Crippen LogP contribution >= 0.6 is 15.9 Å². The Morgan fingerprint density at radius 2 is 1.88 bits per heavy atom. The first-order valence-electron chi connectivity index (χ1n) is 4.94. The molecule has 86 valence electrons. The van der Waals surface area contributed by atoms with Crippen molar-refractivity contribution in [3.63, 3.8) is 0 Å². The second-order valence-corrected chi connectivity index (χ2v) is 4.40. The van der Waals surface area contributed by atoms with Gasteiger partial charge in [-0.2, -0.15) is 0 Å². The van der Waals surface area contributed by atoms with E-state index in [9.17, 15) is 9.18 Å². The van der Waals surface area contributed by atoms with E-state index in [0.29, 0.717) is 16.8 Å². The molecule has 4 heteroatoms. The standard InChI is InChI=1S/C13H9BrFNO/c14-10-7-8(5-6-11(10)15)13(17)9-3-1-2-4-12(9)16/h1-7H,16H2. The minimum atomic E-state index is -0.400. The quantitative estimate of drug-likeness (QED) is 0.681. The van der Waals surface area contributed by atoms with Crippen LogP contribution in [0.1, 0.15) is 15.9 Å². The van der Waals surface area contributed by atoms with Crippen LogP contribution in [0.25, 0.3) is 0 Å². The maximum absolute atomic E-state index is 13.1. The normalized spacial score (nSPS) is 10.2. The Morgan fingerprint density at radius 1 is 1.18 bits per heavy atom. The number of rotatable bonds is 2. The molecular formula is C13H9BrFNO. The fourth-order valence-electron chi connectivity index (χ4n) is 1.50. The molecule has 0 atom stereocenters. The molecule has 0 spiro atoms. The maximum atomic E-state index is 13.1. The summed E-state index contributed by atoms with van der Waals surface area (Å²) < 4.78 is 13.3. The number of hydrogen-bond acceptors (Lipinski definition) is 2. The van der Waals surface area contributed by atoms with Crippen molar-refractivity contribution in [3.05, 3.63) is 63.9 Å². The van der Waals surface area contributed by atoms with Gasteiger partial charge in [0.2, 0.25) is 0 Å². The van der Waals surface area contributed by atoms with Crippen LogP contribution in [0, 0.1) is 5.82 Å². The lowest BCUT2D eigenvalue weighted by Gasteiger charge is -2.05. The van der Waals surface area contributed by atoms with E-state index in [1.54, 1.807) is 24.3 Å². The third-order valence-corrected chi connectivity index (χ3v) is 2.99. The van der Waals surface area contributed by atoms with Gasteiger partial charge in [0.15, 0.2) is 5.78 Å². The Labute approximate surface area is 106 Å². The van der Waals surface area contributed by atoms with Crippen molar-refractivity contribution in [3.8, 4) is 0 Å². The summed E-state index contributed by atoms with van der Waals surface area (Å²) in [6, 6.07) is 10.9. The molecule has 17 heavy (non-hydrogen) atoms. The molecule has 2 N–H and O–H groups in total. The van der Waals surface area contributed by atoms with E-state index in [1.165, 1.54) is 18.2 Å². The average Bonchev–Trinajstić information content (AvgIpc) is 2.32. The number of benzene rings is 2. The fraction of sp³-hybridized carbons (Fsp3) is 0. The van der Waals surface area contributed by atoms with E-state index in [4.69, 9.17) is 5.73 Å². The summed E-state index contributed by atoms with van der Waals surface area (Å²) in [5, 5.41) is 0. The van der Waals surface area contributed by atoms with Gasteiger partial charge in [0.1, 0.15) is 5.82 Å². The molecule has 0 aliphatic heterocycles. The molecule has 0 amide bonds. The van der Waals surface area contributed by atoms with E-state index in [-0.39, 0.29) is 10.3 Å². The van der Waals surface area contributed by atoms with Crippen LogP contribution in [0.4, 0.5) is 10.1 Å². The molecule has 0 unspecified atom stereocenters. The molecule has 0 aromatic heterocycles. The molecule has 2 aromatic rings. The zero-order valence-electron chi connectivity index (χ0n) is 8.78. The summed E-state index contributed by atoms with van der Waals surface area (Å²) in [6.45, 7) is 0. The van der Waals surface area contributed by atoms with Crippen LogP contribution in [0.15, 0.2) is 46.9 Å². The Bertz CT molecular complexity index is 583. The minimum Gasteiger partial charge on any atom is -0.398 e. The first-order valence-corrected chi connectivity index (χ1v) is 5.73. The molecular weight excluding hydrogens is 285 g/mol. The van der Waals surface area contributed by atoms with Crippen LogP contribution in [0.2, 0.25) is 0 Å². The average molecular weight is 294 g/mol. The third kappa shape index (κ3) is 2.36. The number of carbonyl (C=O) groups is 1. The summed E-state index contributed by atoms with van der Waals surface area (Å²) in [6.07, 6.45) is 0. The summed E-state index contributed by atoms with van der Waals surface area (Å²) in [5.74, 6) is -0.619. The highest BCUT2D eigenvalue weighted by Gasteiger charge is 2.13. The molecule has 2 nitrogen and oxygen atoms in total. The van der Waals surface area contributed by atoms with Crippen molar-refractivity contribution in [1.82, 2.24) is 0 Å². The molecule has 0 fully saturated rings. The van der Waals surface area contributed by atoms with E-state index in [1.807, 2.05) is 0 Å². The summed E-state index contributed by atoms with van der Waals surface area (Å²) in [4.78, 5) is 12.1. The van der Waals surface area contributed by atoms with Crippen molar-refractivity contribution in [2.24, 2.45) is 0 Å². The predicted octanol–water partition coefficient (Wildman–Crippen LogP) is 3.40. The number of anilines is 1. The highest BCUT2D eigenvalue weighted by atomic mass is 79.9.